The SMILES string of the molecule is C=CC[Si](C)(C)C1(CCC(C)=O)CC1=C. The van der Waals surface area contributed by atoms with Crippen molar-refractivity contribution in [1.82, 2.24) is 0 Å². The van der Waals surface area contributed by atoms with Crippen molar-refractivity contribution in [2.75, 3.05) is 0 Å². The van der Waals surface area contributed by atoms with Crippen LogP contribution in [0.4, 0.5) is 0 Å². The van der Waals surface area contributed by atoms with Gasteiger partial charge in [-0.05, 0) is 30.8 Å². The first-order valence-electron chi connectivity index (χ1n) is 5.64. The summed E-state index contributed by atoms with van der Waals surface area (Å²) in [5.74, 6) is 0.303. The van der Waals surface area contributed by atoms with E-state index in [1.165, 1.54) is 5.57 Å². The van der Waals surface area contributed by atoms with Crippen LogP contribution in [0.25, 0.3) is 0 Å². The van der Waals surface area contributed by atoms with Gasteiger partial charge in [0.25, 0.3) is 0 Å². The predicted molar refractivity (Wildman–Crippen MR) is 68.9 cm³/mol. The normalized spacial score (nSPS) is 25.1. The fraction of sp³-hybridized carbons (Fsp3) is 0.615. The molecule has 1 aliphatic carbocycles. The van der Waals surface area contributed by atoms with Crippen molar-refractivity contribution in [3.8, 4) is 0 Å². The summed E-state index contributed by atoms with van der Waals surface area (Å²) in [5, 5.41) is 0.340. The zero-order valence-corrected chi connectivity index (χ0v) is 11.2. The molecular weight excluding hydrogens is 200 g/mol. The van der Waals surface area contributed by atoms with Gasteiger partial charge in [0.15, 0.2) is 0 Å². The van der Waals surface area contributed by atoms with E-state index in [0.717, 1.165) is 18.9 Å². The number of hydrogen-bond acceptors (Lipinski definition) is 1. The molecule has 0 aromatic heterocycles. The molecule has 0 heterocycles. The van der Waals surface area contributed by atoms with E-state index in [2.05, 4.69) is 26.3 Å². The topological polar surface area (TPSA) is 17.1 Å². The minimum absolute atomic E-state index is 0.303. The quantitative estimate of drug-likeness (QED) is 0.491. The minimum Gasteiger partial charge on any atom is -0.300 e. The van der Waals surface area contributed by atoms with Crippen molar-refractivity contribution in [3.63, 3.8) is 0 Å². The highest BCUT2D eigenvalue weighted by atomic mass is 28.3. The predicted octanol–water partition coefficient (Wildman–Crippen LogP) is 3.95. The van der Waals surface area contributed by atoms with Crippen molar-refractivity contribution in [3.05, 3.63) is 24.8 Å². The molecule has 0 radical (unpaired) electrons. The fourth-order valence-electron chi connectivity index (χ4n) is 2.59. The van der Waals surface area contributed by atoms with Crippen molar-refractivity contribution < 1.29 is 4.79 Å². The Balaban J connectivity index is 2.73. The highest BCUT2D eigenvalue weighted by Crippen LogP contribution is 2.68. The maximum absolute atomic E-state index is 11.1. The van der Waals surface area contributed by atoms with Gasteiger partial charge in [-0.3, -0.25) is 0 Å². The molecule has 1 aliphatic rings. The van der Waals surface area contributed by atoms with Gasteiger partial charge in [-0.2, -0.15) is 0 Å². The van der Waals surface area contributed by atoms with Gasteiger partial charge in [-0.15, -0.1) is 6.58 Å². The Hall–Kier alpha value is -0.633. The average Bonchev–Trinajstić information content (AvgIpc) is 2.75. The van der Waals surface area contributed by atoms with Crippen LogP contribution in [0.1, 0.15) is 26.2 Å². The lowest BCUT2D eigenvalue weighted by Crippen LogP contribution is -2.33. The fourth-order valence-corrected chi connectivity index (χ4v) is 6.15. The van der Waals surface area contributed by atoms with Crippen LogP contribution in [-0.4, -0.2) is 13.9 Å². The molecule has 0 aromatic carbocycles. The van der Waals surface area contributed by atoms with Crippen LogP contribution >= 0.6 is 0 Å². The highest BCUT2D eigenvalue weighted by molar-refractivity contribution is 6.82. The molecule has 0 aliphatic heterocycles. The summed E-state index contributed by atoms with van der Waals surface area (Å²) in [5.41, 5.74) is 1.38. The third-order valence-corrected chi connectivity index (χ3v) is 8.60. The molecule has 84 valence electrons. The molecule has 2 heteroatoms. The lowest BCUT2D eigenvalue weighted by Gasteiger charge is -2.31. The van der Waals surface area contributed by atoms with E-state index in [1.807, 2.05) is 6.08 Å². The molecule has 1 fully saturated rings. The van der Waals surface area contributed by atoms with Crippen LogP contribution < -0.4 is 0 Å². The van der Waals surface area contributed by atoms with E-state index >= 15 is 0 Å². The lowest BCUT2D eigenvalue weighted by atomic mass is 10.1. The molecule has 15 heavy (non-hydrogen) atoms. The molecule has 0 aromatic rings. The van der Waals surface area contributed by atoms with Crippen molar-refractivity contribution in [2.45, 2.75) is 50.4 Å². The first-order chi connectivity index (χ1) is 6.85. The summed E-state index contributed by atoms with van der Waals surface area (Å²) >= 11 is 0. The second kappa shape index (κ2) is 4.09. The van der Waals surface area contributed by atoms with Gasteiger partial charge in [0.05, 0.1) is 8.07 Å². The Morgan fingerprint density at radius 1 is 1.60 bits per heavy atom. The summed E-state index contributed by atoms with van der Waals surface area (Å²) in [6.45, 7) is 14.5. The standard InChI is InChI=1S/C13H22OSi/c1-6-9-15(4,5)13(10-11(13)2)8-7-12(3)14/h6H,1-2,7-10H2,3-5H3. The van der Waals surface area contributed by atoms with Gasteiger partial charge in [0.1, 0.15) is 5.78 Å². The monoisotopic (exact) mass is 222 g/mol. The zero-order chi connectivity index (χ0) is 11.7. The molecule has 1 rings (SSSR count). The number of carbonyl (C=O) groups is 1. The van der Waals surface area contributed by atoms with Gasteiger partial charge >= 0.3 is 0 Å². The van der Waals surface area contributed by atoms with Crippen LogP contribution in [0, 0.1) is 0 Å². The second-order valence-electron chi connectivity index (χ2n) is 5.44. The lowest BCUT2D eigenvalue weighted by molar-refractivity contribution is -0.117. The van der Waals surface area contributed by atoms with Gasteiger partial charge in [-0.1, -0.05) is 31.3 Å². The zero-order valence-electron chi connectivity index (χ0n) is 10.2. The van der Waals surface area contributed by atoms with E-state index in [4.69, 9.17) is 0 Å². The Kier molecular flexibility index (Phi) is 3.39. The van der Waals surface area contributed by atoms with Crippen LogP contribution in [0.2, 0.25) is 24.2 Å². The largest absolute Gasteiger partial charge is 0.300 e. The Bertz CT molecular complexity index is 304. The smallest absolute Gasteiger partial charge is 0.129 e. The number of ketones is 1. The Morgan fingerprint density at radius 3 is 2.47 bits per heavy atom. The molecule has 1 atom stereocenters. The Labute approximate surface area is 94.3 Å². The number of Topliss-reactive ketones (excluding diaryl/α,β-unsaturated/α-hetero) is 1. The van der Waals surface area contributed by atoms with E-state index in [9.17, 15) is 4.79 Å². The van der Waals surface area contributed by atoms with Crippen molar-refractivity contribution >= 4 is 13.9 Å². The van der Waals surface area contributed by atoms with Gasteiger partial charge in [0, 0.05) is 6.42 Å². The minimum atomic E-state index is -1.32. The maximum Gasteiger partial charge on any atom is 0.129 e. The third kappa shape index (κ3) is 2.31. The number of rotatable bonds is 6. The van der Waals surface area contributed by atoms with E-state index < -0.39 is 8.07 Å². The van der Waals surface area contributed by atoms with E-state index in [1.54, 1.807) is 6.92 Å². The average molecular weight is 222 g/mol. The molecule has 1 unspecified atom stereocenters. The summed E-state index contributed by atoms with van der Waals surface area (Å²) in [6.07, 6.45) is 4.92. The molecule has 1 saturated carbocycles. The number of allylic oxidation sites excluding steroid dienone is 2. The number of carbonyl (C=O) groups excluding carboxylic acids is 1. The molecular formula is C13H22OSi. The van der Waals surface area contributed by atoms with Crippen molar-refractivity contribution in [2.24, 2.45) is 0 Å². The molecule has 0 amide bonds. The summed E-state index contributed by atoms with van der Waals surface area (Å²) in [6, 6.07) is 1.13. The van der Waals surface area contributed by atoms with E-state index in [-0.39, 0.29) is 0 Å². The van der Waals surface area contributed by atoms with Crippen LogP contribution in [-0.2, 0) is 4.79 Å². The molecule has 0 saturated heterocycles. The molecule has 0 N–H and O–H groups in total. The molecule has 1 nitrogen and oxygen atoms in total. The van der Waals surface area contributed by atoms with Crippen molar-refractivity contribution in [1.29, 1.82) is 0 Å². The van der Waals surface area contributed by atoms with Gasteiger partial charge in [-0.25, -0.2) is 0 Å². The van der Waals surface area contributed by atoms with Gasteiger partial charge < -0.3 is 4.79 Å². The van der Waals surface area contributed by atoms with Crippen LogP contribution in [0.5, 0.6) is 0 Å². The van der Waals surface area contributed by atoms with Crippen LogP contribution in [0.15, 0.2) is 24.8 Å². The second-order valence-corrected chi connectivity index (χ2v) is 10.6. The first kappa shape index (κ1) is 12.4. The highest BCUT2D eigenvalue weighted by Gasteiger charge is 2.57. The van der Waals surface area contributed by atoms with Crippen LogP contribution in [0.3, 0.4) is 0 Å². The summed E-state index contributed by atoms with van der Waals surface area (Å²) < 4.78 is 0. The summed E-state index contributed by atoms with van der Waals surface area (Å²) in [4.78, 5) is 11.1. The third-order valence-electron chi connectivity index (χ3n) is 3.92. The number of hydrogen-bond donors (Lipinski definition) is 0. The van der Waals surface area contributed by atoms with E-state index in [0.29, 0.717) is 17.2 Å². The molecule has 0 bridgehead atoms. The summed E-state index contributed by atoms with van der Waals surface area (Å²) in [7, 11) is -1.32. The van der Waals surface area contributed by atoms with Gasteiger partial charge in [0.2, 0.25) is 0 Å². The molecule has 0 spiro atoms. The maximum atomic E-state index is 11.1. The Morgan fingerprint density at radius 2 is 2.13 bits per heavy atom. The first-order valence-corrected chi connectivity index (χ1v) is 8.85.